The van der Waals surface area contributed by atoms with Gasteiger partial charge in [-0.15, -0.1) is 0 Å². The van der Waals surface area contributed by atoms with Crippen LogP contribution in [0.25, 0.3) is 0 Å². The fraction of sp³-hybridized carbons (Fsp3) is 0.296. The van der Waals surface area contributed by atoms with Crippen LogP contribution in [0.2, 0.25) is 5.02 Å². The van der Waals surface area contributed by atoms with Gasteiger partial charge >= 0.3 is 12.2 Å². The zero-order valence-corrected chi connectivity index (χ0v) is 22.6. The molecule has 0 saturated carbocycles. The molecule has 1 fully saturated rings. The molecule has 2 heterocycles. The summed E-state index contributed by atoms with van der Waals surface area (Å²) in [4.78, 5) is 30.5. The Hall–Kier alpha value is -4.07. The summed E-state index contributed by atoms with van der Waals surface area (Å²) in [6.07, 6.45) is -3.29. The second-order valence-corrected chi connectivity index (χ2v) is 9.15. The normalized spacial score (nSPS) is 13.8. The van der Waals surface area contributed by atoms with E-state index in [0.29, 0.717) is 50.0 Å². The molecule has 14 heteroatoms. The van der Waals surface area contributed by atoms with E-state index in [9.17, 15) is 22.8 Å². The van der Waals surface area contributed by atoms with Crippen LogP contribution in [0, 0.1) is 0 Å². The number of urea groups is 1. The van der Waals surface area contributed by atoms with E-state index >= 15 is 0 Å². The lowest BCUT2D eigenvalue weighted by atomic mass is 10.1. The van der Waals surface area contributed by atoms with Crippen LogP contribution < -0.4 is 25.4 Å². The molecular formula is C27H27ClF3N5O5. The molecule has 1 aliphatic heterocycles. The molecule has 0 atom stereocenters. The molecular weight excluding hydrogens is 567 g/mol. The van der Waals surface area contributed by atoms with Crippen LogP contribution in [0.15, 0.2) is 54.7 Å². The highest BCUT2D eigenvalue weighted by Gasteiger charge is 2.36. The average Bonchev–Trinajstić information content (AvgIpc) is 2.94. The predicted molar refractivity (Wildman–Crippen MR) is 146 cm³/mol. The molecule has 41 heavy (non-hydrogen) atoms. The second-order valence-electron chi connectivity index (χ2n) is 8.77. The molecule has 0 spiro atoms. The third-order valence-electron chi connectivity index (χ3n) is 5.93. The summed E-state index contributed by atoms with van der Waals surface area (Å²) in [5.74, 6) is -0.248. The highest BCUT2D eigenvalue weighted by molar-refractivity contribution is 6.35. The van der Waals surface area contributed by atoms with Gasteiger partial charge in [0.2, 0.25) is 0 Å². The smallest absolute Gasteiger partial charge is 0.420 e. The molecule has 0 unspecified atom stereocenters. The summed E-state index contributed by atoms with van der Waals surface area (Å²) in [6, 6.07) is 10.5. The second kappa shape index (κ2) is 13.5. The van der Waals surface area contributed by atoms with Crippen molar-refractivity contribution in [1.29, 1.82) is 0 Å². The van der Waals surface area contributed by atoms with E-state index in [1.807, 2.05) is 4.90 Å². The number of carbonyl (C=O) groups excluding carboxylic acids is 2. The molecule has 2 aromatic carbocycles. The number of pyridine rings is 1. The highest BCUT2D eigenvalue weighted by atomic mass is 35.5. The number of benzene rings is 2. The van der Waals surface area contributed by atoms with Crippen LogP contribution in [-0.2, 0) is 10.9 Å². The SMILES string of the molecule is CNC(=O)c1cc(Oc2cccc(NC(=O)Nc3ccc(C(F)(F)F)c(OCCN4CCOCC4)c3Cl)c2)ccn1. The Balaban J connectivity index is 1.43. The Morgan fingerprint density at radius 1 is 1.07 bits per heavy atom. The minimum Gasteiger partial charge on any atom is -0.490 e. The van der Waals surface area contributed by atoms with E-state index in [4.69, 9.17) is 25.8 Å². The minimum absolute atomic E-state index is 0.0344. The first-order valence-electron chi connectivity index (χ1n) is 12.5. The number of morpholine rings is 1. The van der Waals surface area contributed by atoms with E-state index in [-0.39, 0.29) is 28.9 Å². The molecule has 4 rings (SSSR count). The Labute approximate surface area is 238 Å². The van der Waals surface area contributed by atoms with E-state index in [1.54, 1.807) is 24.3 Å². The molecule has 3 aromatic rings. The van der Waals surface area contributed by atoms with Crippen LogP contribution in [0.4, 0.5) is 29.3 Å². The number of alkyl halides is 3. The zero-order chi connectivity index (χ0) is 29.4. The average molecular weight is 594 g/mol. The fourth-order valence-corrected chi connectivity index (χ4v) is 4.17. The maximum absolute atomic E-state index is 13.7. The van der Waals surface area contributed by atoms with Crippen molar-refractivity contribution in [3.8, 4) is 17.2 Å². The van der Waals surface area contributed by atoms with Crippen molar-refractivity contribution in [1.82, 2.24) is 15.2 Å². The number of halogens is 4. The number of carbonyl (C=O) groups is 2. The Kier molecular flexibility index (Phi) is 9.86. The third-order valence-corrected chi connectivity index (χ3v) is 6.30. The number of hydrogen-bond donors (Lipinski definition) is 3. The summed E-state index contributed by atoms with van der Waals surface area (Å²) >= 11 is 6.29. The highest BCUT2D eigenvalue weighted by Crippen LogP contribution is 2.43. The summed E-state index contributed by atoms with van der Waals surface area (Å²) in [5.41, 5.74) is -0.623. The van der Waals surface area contributed by atoms with Crippen LogP contribution in [-0.4, -0.2) is 68.3 Å². The van der Waals surface area contributed by atoms with Crippen LogP contribution >= 0.6 is 11.6 Å². The number of ether oxygens (including phenoxy) is 3. The summed E-state index contributed by atoms with van der Waals surface area (Å²) in [7, 11) is 1.48. The van der Waals surface area contributed by atoms with Crippen molar-refractivity contribution in [2.75, 3.05) is 57.1 Å². The van der Waals surface area contributed by atoms with Gasteiger partial charge in [-0.05, 0) is 30.3 Å². The minimum atomic E-state index is -4.71. The largest absolute Gasteiger partial charge is 0.490 e. The molecule has 0 bridgehead atoms. The van der Waals surface area contributed by atoms with Crippen molar-refractivity contribution in [3.63, 3.8) is 0 Å². The van der Waals surface area contributed by atoms with Gasteiger partial charge in [0, 0.05) is 50.7 Å². The molecule has 1 aromatic heterocycles. The maximum atomic E-state index is 13.7. The van der Waals surface area contributed by atoms with Crippen LogP contribution in [0.1, 0.15) is 16.1 Å². The number of hydrogen-bond acceptors (Lipinski definition) is 7. The van der Waals surface area contributed by atoms with Crippen molar-refractivity contribution in [2.24, 2.45) is 0 Å². The Morgan fingerprint density at radius 3 is 2.56 bits per heavy atom. The quantitative estimate of drug-likeness (QED) is 0.310. The van der Waals surface area contributed by atoms with Gasteiger partial charge in [0.05, 0.1) is 24.5 Å². The number of nitrogens with one attached hydrogen (secondary N) is 3. The summed E-state index contributed by atoms with van der Waals surface area (Å²) in [5, 5.41) is 7.15. The van der Waals surface area contributed by atoms with Crippen molar-refractivity contribution in [3.05, 3.63) is 71.0 Å². The van der Waals surface area contributed by atoms with Crippen LogP contribution in [0.5, 0.6) is 17.2 Å². The lowest BCUT2D eigenvalue weighted by Gasteiger charge is -2.26. The van der Waals surface area contributed by atoms with Crippen molar-refractivity contribution < 1.29 is 37.0 Å². The summed E-state index contributed by atoms with van der Waals surface area (Å²) in [6.45, 7) is 2.74. The molecule has 3 amide bonds. The molecule has 3 N–H and O–H groups in total. The summed E-state index contributed by atoms with van der Waals surface area (Å²) < 4.78 is 57.5. The molecule has 1 aliphatic rings. The third kappa shape index (κ3) is 8.22. The van der Waals surface area contributed by atoms with E-state index in [0.717, 1.165) is 12.1 Å². The fourth-order valence-electron chi connectivity index (χ4n) is 3.90. The first kappa shape index (κ1) is 29.9. The molecule has 1 saturated heterocycles. The first-order chi connectivity index (χ1) is 19.6. The number of aromatic nitrogens is 1. The van der Waals surface area contributed by atoms with Gasteiger partial charge in [0.25, 0.3) is 5.91 Å². The Bertz CT molecular complexity index is 1390. The number of anilines is 2. The molecule has 218 valence electrons. The van der Waals surface area contributed by atoms with Gasteiger partial charge in [-0.25, -0.2) is 4.79 Å². The van der Waals surface area contributed by atoms with Gasteiger partial charge in [0.15, 0.2) is 5.75 Å². The van der Waals surface area contributed by atoms with Gasteiger partial charge in [-0.3, -0.25) is 14.7 Å². The van der Waals surface area contributed by atoms with Crippen molar-refractivity contribution in [2.45, 2.75) is 6.18 Å². The standard InChI is InChI=1S/C27H27ClF3N5O5/c1-32-25(37)22-16-19(7-8-33-22)41-18-4-2-3-17(15-18)34-26(38)35-21-6-5-20(27(29,30)31)24(23(21)28)40-14-11-36-9-12-39-13-10-36/h2-8,15-16H,9-14H2,1H3,(H,32,37)(H2,34,35,38). The van der Waals surface area contributed by atoms with Crippen LogP contribution in [0.3, 0.4) is 0 Å². The van der Waals surface area contributed by atoms with E-state index in [2.05, 4.69) is 20.9 Å². The zero-order valence-electron chi connectivity index (χ0n) is 21.9. The van der Waals surface area contributed by atoms with Gasteiger partial charge in [0.1, 0.15) is 28.8 Å². The van der Waals surface area contributed by atoms with Crippen molar-refractivity contribution >= 4 is 34.9 Å². The monoisotopic (exact) mass is 593 g/mol. The first-order valence-corrected chi connectivity index (χ1v) is 12.9. The number of nitrogens with zero attached hydrogens (tertiary/aromatic N) is 2. The number of amides is 3. The van der Waals surface area contributed by atoms with Gasteiger partial charge < -0.3 is 30.2 Å². The lowest BCUT2D eigenvalue weighted by molar-refractivity contribution is -0.139. The van der Waals surface area contributed by atoms with E-state index < -0.39 is 23.5 Å². The molecule has 0 radical (unpaired) electrons. The predicted octanol–water partition coefficient (Wildman–Crippen LogP) is 5.26. The molecule has 0 aliphatic carbocycles. The Morgan fingerprint density at radius 2 is 1.83 bits per heavy atom. The number of rotatable bonds is 9. The lowest BCUT2D eigenvalue weighted by Crippen LogP contribution is -2.38. The van der Waals surface area contributed by atoms with Gasteiger partial charge in [-0.2, -0.15) is 13.2 Å². The van der Waals surface area contributed by atoms with Gasteiger partial charge in [-0.1, -0.05) is 17.7 Å². The topological polar surface area (TPSA) is 114 Å². The molecule has 10 nitrogen and oxygen atoms in total. The maximum Gasteiger partial charge on any atom is 0.420 e. The van der Waals surface area contributed by atoms with E-state index in [1.165, 1.54) is 25.4 Å².